The summed E-state index contributed by atoms with van der Waals surface area (Å²) in [6.45, 7) is 0. The van der Waals surface area contributed by atoms with Gasteiger partial charge in [-0.1, -0.05) is 46.3 Å². The van der Waals surface area contributed by atoms with Gasteiger partial charge in [-0.3, -0.25) is 14.4 Å². The second-order valence-corrected chi connectivity index (χ2v) is 8.34. The van der Waals surface area contributed by atoms with Gasteiger partial charge < -0.3 is 4.74 Å². The molecule has 7 heteroatoms. The maximum absolute atomic E-state index is 13.6. The number of imide groups is 1. The van der Waals surface area contributed by atoms with Crippen molar-refractivity contribution in [2.75, 3.05) is 17.1 Å². The van der Waals surface area contributed by atoms with Gasteiger partial charge in [0.1, 0.15) is 11.7 Å². The highest BCUT2D eigenvalue weighted by Crippen LogP contribution is 2.48. The van der Waals surface area contributed by atoms with E-state index in [-0.39, 0.29) is 11.8 Å². The van der Waals surface area contributed by atoms with Gasteiger partial charge in [0.25, 0.3) is 5.91 Å². The molecule has 6 nitrogen and oxygen atoms in total. The lowest BCUT2D eigenvalue weighted by Crippen LogP contribution is -2.37. The van der Waals surface area contributed by atoms with Gasteiger partial charge in [0.15, 0.2) is 6.10 Å². The lowest BCUT2D eigenvalue weighted by molar-refractivity contribution is -0.126. The molecule has 2 heterocycles. The molecule has 2 fully saturated rings. The predicted octanol–water partition coefficient (Wildman–Crippen LogP) is 4.51. The molecule has 0 aliphatic carbocycles. The van der Waals surface area contributed by atoms with E-state index < -0.39 is 18.1 Å². The van der Waals surface area contributed by atoms with Crippen molar-refractivity contribution in [3.05, 3.63) is 88.9 Å². The molecule has 0 bridgehead atoms. The van der Waals surface area contributed by atoms with Gasteiger partial charge in [0.05, 0.1) is 24.5 Å². The molecule has 3 aromatic carbocycles. The molecule has 0 radical (unpaired) electrons. The Hall–Kier alpha value is -3.16. The van der Waals surface area contributed by atoms with E-state index in [0.29, 0.717) is 11.4 Å². The minimum atomic E-state index is -0.896. The topological polar surface area (TPSA) is 59.1 Å². The summed E-state index contributed by atoms with van der Waals surface area (Å²) in [7, 11) is 1.60. The molecule has 0 saturated carbocycles. The molecular weight excluding hydrogens is 460 g/mol. The summed E-state index contributed by atoms with van der Waals surface area (Å²) in [4.78, 5) is 34.2. The smallest absolute Gasteiger partial charge is 0.266 e. The van der Waals surface area contributed by atoms with Crippen LogP contribution in [-0.4, -0.2) is 25.0 Å². The molecular formula is C24H19BrN2O4. The summed E-state index contributed by atoms with van der Waals surface area (Å²) < 4.78 is 6.26. The Kier molecular flexibility index (Phi) is 5.00. The zero-order chi connectivity index (χ0) is 21.5. The van der Waals surface area contributed by atoms with Gasteiger partial charge >= 0.3 is 0 Å². The highest BCUT2D eigenvalue weighted by atomic mass is 79.9. The van der Waals surface area contributed by atoms with Crippen molar-refractivity contribution >= 4 is 39.1 Å². The molecule has 2 aliphatic rings. The molecule has 31 heavy (non-hydrogen) atoms. The number of ether oxygens (including phenoxy) is 1. The quantitative estimate of drug-likeness (QED) is 0.516. The van der Waals surface area contributed by atoms with E-state index in [1.54, 1.807) is 36.4 Å². The van der Waals surface area contributed by atoms with E-state index in [1.807, 2.05) is 54.6 Å². The van der Waals surface area contributed by atoms with Crippen LogP contribution in [0.3, 0.4) is 0 Å². The number of halogens is 1. The molecule has 0 N–H and O–H groups in total. The fraction of sp³-hybridized carbons (Fsp3) is 0.167. The van der Waals surface area contributed by atoms with Crippen LogP contribution < -0.4 is 14.7 Å². The number of nitrogens with zero attached hydrogens (tertiary/aromatic N) is 2. The van der Waals surface area contributed by atoms with Crippen LogP contribution in [0.4, 0.5) is 11.4 Å². The number of para-hydroxylation sites is 1. The number of methoxy groups -OCH3 is 1. The third-order valence-corrected chi connectivity index (χ3v) is 6.17. The average molecular weight is 479 g/mol. The van der Waals surface area contributed by atoms with Crippen molar-refractivity contribution in [1.29, 1.82) is 0 Å². The Morgan fingerprint density at radius 1 is 0.871 bits per heavy atom. The number of carbonyl (C=O) groups is 2. The van der Waals surface area contributed by atoms with Crippen LogP contribution in [-0.2, 0) is 14.4 Å². The van der Waals surface area contributed by atoms with Crippen molar-refractivity contribution < 1.29 is 19.2 Å². The zero-order valence-electron chi connectivity index (χ0n) is 16.6. The second kappa shape index (κ2) is 7.83. The fourth-order valence-corrected chi connectivity index (χ4v) is 4.49. The molecule has 3 aromatic rings. The molecule has 3 atom stereocenters. The third kappa shape index (κ3) is 3.30. The fourth-order valence-electron chi connectivity index (χ4n) is 4.22. The molecule has 2 saturated heterocycles. The third-order valence-electron chi connectivity index (χ3n) is 5.65. The summed E-state index contributed by atoms with van der Waals surface area (Å²) >= 11 is 3.39. The van der Waals surface area contributed by atoms with E-state index in [2.05, 4.69) is 15.9 Å². The van der Waals surface area contributed by atoms with Crippen molar-refractivity contribution in [3.8, 4) is 5.75 Å². The highest BCUT2D eigenvalue weighted by Gasteiger charge is 2.60. The standard InChI is InChI=1S/C24H19BrN2O4/c1-30-19-9-5-6-15(14-19)21-20-22(31-27(21)18-7-3-2-4-8-18)24(29)26(23(20)28)17-12-10-16(25)11-13-17/h2-14,20-22H,1H3/t20-,21-,22-/m0/s1. The van der Waals surface area contributed by atoms with Gasteiger partial charge in [-0.15, -0.1) is 0 Å². The Morgan fingerprint density at radius 2 is 1.61 bits per heavy atom. The van der Waals surface area contributed by atoms with E-state index in [0.717, 1.165) is 15.7 Å². The monoisotopic (exact) mass is 478 g/mol. The first-order valence-electron chi connectivity index (χ1n) is 9.87. The summed E-state index contributed by atoms with van der Waals surface area (Å²) in [5, 5.41) is 1.68. The van der Waals surface area contributed by atoms with E-state index in [4.69, 9.17) is 9.57 Å². The zero-order valence-corrected chi connectivity index (χ0v) is 18.2. The van der Waals surface area contributed by atoms with Crippen LogP contribution in [0.2, 0.25) is 0 Å². The highest BCUT2D eigenvalue weighted by molar-refractivity contribution is 9.10. The first kappa shape index (κ1) is 19.8. The lowest BCUT2D eigenvalue weighted by Gasteiger charge is -2.29. The molecule has 0 aromatic heterocycles. The van der Waals surface area contributed by atoms with Gasteiger partial charge in [0, 0.05) is 4.47 Å². The van der Waals surface area contributed by atoms with Crippen LogP contribution in [0.1, 0.15) is 11.6 Å². The Morgan fingerprint density at radius 3 is 2.32 bits per heavy atom. The maximum Gasteiger partial charge on any atom is 0.266 e. The second-order valence-electron chi connectivity index (χ2n) is 7.42. The van der Waals surface area contributed by atoms with Gasteiger partial charge in [-0.05, 0) is 54.1 Å². The molecule has 156 valence electrons. The molecule has 5 rings (SSSR count). The number of amides is 2. The number of hydroxylamine groups is 1. The van der Waals surface area contributed by atoms with Crippen LogP contribution in [0.25, 0.3) is 0 Å². The normalized spacial score (nSPS) is 22.7. The van der Waals surface area contributed by atoms with Gasteiger partial charge in [0.2, 0.25) is 5.91 Å². The molecule has 2 amide bonds. The summed E-state index contributed by atoms with van der Waals surface area (Å²) in [5.74, 6) is -0.633. The number of carbonyl (C=O) groups excluding carboxylic acids is 2. The van der Waals surface area contributed by atoms with Crippen LogP contribution in [0, 0.1) is 5.92 Å². The first-order valence-corrected chi connectivity index (χ1v) is 10.7. The van der Waals surface area contributed by atoms with Crippen molar-refractivity contribution in [2.24, 2.45) is 5.92 Å². The molecule has 0 unspecified atom stereocenters. The lowest BCUT2D eigenvalue weighted by atomic mass is 9.90. The van der Waals surface area contributed by atoms with Gasteiger partial charge in [-0.25, -0.2) is 9.96 Å². The van der Waals surface area contributed by atoms with Crippen LogP contribution in [0.15, 0.2) is 83.3 Å². The largest absolute Gasteiger partial charge is 0.497 e. The van der Waals surface area contributed by atoms with E-state index in [1.165, 1.54) is 4.90 Å². The van der Waals surface area contributed by atoms with E-state index in [9.17, 15) is 9.59 Å². The van der Waals surface area contributed by atoms with Crippen LogP contribution >= 0.6 is 15.9 Å². The Labute approximate surface area is 188 Å². The summed E-state index contributed by atoms with van der Waals surface area (Å²) in [6.07, 6.45) is -0.896. The first-order chi connectivity index (χ1) is 15.1. The van der Waals surface area contributed by atoms with Crippen molar-refractivity contribution in [1.82, 2.24) is 0 Å². The average Bonchev–Trinajstić information content (AvgIpc) is 3.31. The number of rotatable bonds is 4. The van der Waals surface area contributed by atoms with E-state index >= 15 is 0 Å². The summed E-state index contributed by atoms with van der Waals surface area (Å²) in [5.41, 5.74) is 2.15. The predicted molar refractivity (Wildman–Crippen MR) is 120 cm³/mol. The maximum atomic E-state index is 13.6. The molecule has 0 spiro atoms. The Bertz CT molecular complexity index is 1140. The summed E-state index contributed by atoms with van der Waals surface area (Å²) in [6, 6.07) is 23.7. The minimum Gasteiger partial charge on any atom is -0.497 e. The van der Waals surface area contributed by atoms with Gasteiger partial charge in [-0.2, -0.15) is 0 Å². The van der Waals surface area contributed by atoms with Crippen LogP contribution in [0.5, 0.6) is 5.75 Å². The van der Waals surface area contributed by atoms with Crippen molar-refractivity contribution in [3.63, 3.8) is 0 Å². The SMILES string of the molecule is COc1cccc([C@H]2[C@@H]3C(=O)N(c4ccc(Br)cc4)C(=O)[C@H]3ON2c2ccccc2)c1. The number of hydrogen-bond donors (Lipinski definition) is 0. The number of fused-ring (bicyclic) bond motifs is 1. The number of anilines is 2. The Balaban J connectivity index is 1.59. The minimum absolute atomic E-state index is 0.274. The molecule has 2 aliphatic heterocycles. The number of benzene rings is 3. The van der Waals surface area contributed by atoms with Crippen molar-refractivity contribution in [2.45, 2.75) is 12.1 Å². The number of hydrogen-bond acceptors (Lipinski definition) is 5.